The van der Waals surface area contributed by atoms with Crippen LogP contribution in [0.4, 0.5) is 5.82 Å². The van der Waals surface area contributed by atoms with Crippen LogP contribution in [0.25, 0.3) is 21.5 Å². The van der Waals surface area contributed by atoms with Crippen molar-refractivity contribution in [1.29, 1.82) is 0 Å². The first kappa shape index (κ1) is 27.6. The average molecular weight is 559 g/mol. The van der Waals surface area contributed by atoms with Gasteiger partial charge in [-0.05, 0) is 18.5 Å². The molecule has 19 nitrogen and oxygen atoms in total. The summed E-state index contributed by atoms with van der Waals surface area (Å²) in [7, 11) is -16.6. The molecule has 2 aromatic rings. The number of fused-ring (bicyclic) bond motifs is 1. The molecule has 22 heteroatoms. The van der Waals surface area contributed by atoms with Crippen LogP contribution in [-0.2, 0) is 36.3 Å². The minimum Gasteiger partial charge on any atom is -0.383 e. The molecule has 0 amide bonds. The normalized spacial score (nSPS) is 25.0. The Bertz CT molecular complexity index is 1260. The molecule has 0 radical (unpaired) electrons. The van der Waals surface area contributed by atoms with E-state index in [1.54, 1.807) is 16.8 Å². The Morgan fingerprint density at radius 2 is 2.00 bits per heavy atom. The van der Waals surface area contributed by atoms with Crippen LogP contribution < -0.4 is 5.73 Å². The first-order valence-corrected chi connectivity index (χ1v) is 13.9. The molecule has 1 aliphatic rings. The van der Waals surface area contributed by atoms with E-state index in [0.29, 0.717) is 11.0 Å². The van der Waals surface area contributed by atoms with E-state index in [1.165, 1.54) is 13.3 Å². The molecule has 1 aliphatic heterocycles. The molecule has 2 aromatic heterocycles. The van der Waals surface area contributed by atoms with E-state index in [2.05, 4.69) is 33.1 Å². The smallest absolute Gasteiger partial charge is 0.383 e. The molecule has 0 bridgehead atoms. The highest BCUT2D eigenvalue weighted by molar-refractivity contribution is 7.66. The van der Waals surface area contributed by atoms with E-state index in [-0.39, 0.29) is 12.2 Å². The van der Waals surface area contributed by atoms with Crippen LogP contribution in [-0.4, -0.2) is 59.2 Å². The first-order chi connectivity index (χ1) is 16.2. The number of phosphoric acid groups is 3. The molecule has 1 saturated heterocycles. The lowest BCUT2D eigenvalue weighted by atomic mass is 10.2. The second-order valence-corrected chi connectivity index (χ2v) is 11.4. The van der Waals surface area contributed by atoms with Crippen molar-refractivity contribution in [2.24, 2.45) is 5.11 Å². The number of azide groups is 1. The molecular weight excluding hydrogens is 539 g/mol. The van der Waals surface area contributed by atoms with Gasteiger partial charge >= 0.3 is 23.5 Å². The van der Waals surface area contributed by atoms with Crippen LogP contribution in [0.2, 0.25) is 0 Å². The number of anilines is 1. The summed E-state index contributed by atoms with van der Waals surface area (Å²) in [6.07, 6.45) is -0.765. The number of rotatable bonds is 11. The Balaban J connectivity index is 1.76. The summed E-state index contributed by atoms with van der Waals surface area (Å²) in [6.45, 7) is 0.676. The van der Waals surface area contributed by atoms with E-state index in [0.717, 1.165) is 0 Å². The Labute approximate surface area is 195 Å². The third-order valence-corrected chi connectivity index (χ3v) is 8.24. The van der Waals surface area contributed by atoms with Crippen LogP contribution in [0.1, 0.15) is 19.6 Å². The van der Waals surface area contributed by atoms with Gasteiger partial charge in [0.1, 0.15) is 36.4 Å². The highest BCUT2D eigenvalue weighted by Gasteiger charge is 2.43. The summed E-state index contributed by atoms with van der Waals surface area (Å²) in [4.78, 5) is 46.9. The van der Waals surface area contributed by atoms with Crippen LogP contribution in [0.3, 0.4) is 0 Å². The Hall–Kier alpha value is -1.94. The van der Waals surface area contributed by atoms with E-state index >= 15 is 0 Å². The molecule has 194 valence electrons. The van der Waals surface area contributed by atoms with Gasteiger partial charge in [0.2, 0.25) is 0 Å². The quantitative estimate of drug-likeness (QED) is 0.113. The molecule has 35 heavy (non-hydrogen) atoms. The van der Waals surface area contributed by atoms with E-state index in [4.69, 9.17) is 30.5 Å². The minimum absolute atomic E-state index is 0.114. The van der Waals surface area contributed by atoms with E-state index in [9.17, 15) is 23.5 Å². The van der Waals surface area contributed by atoms with Crippen molar-refractivity contribution in [3.8, 4) is 0 Å². The summed E-state index contributed by atoms with van der Waals surface area (Å²) in [6, 6.07) is 1.64. The van der Waals surface area contributed by atoms with Crippen LogP contribution in [0.15, 0.2) is 23.7 Å². The fourth-order valence-electron chi connectivity index (χ4n) is 3.21. The standard InChI is InChI=1S/C13H20N7O12P3/c1-7(18-19-15)29-9-4-11(20-3-2-8-12(14)16-6-17-13(8)20)30-10(9)5-28-34(24,25)32-35(26,27)31-33(21,22)23/h2-3,6-7,9-11H,4-5H2,1H3,(H,24,25)(H,26,27)(H2,14,16,17)(H2,21,22,23)/t7-,9-,10-,11-/m1/s1. The summed E-state index contributed by atoms with van der Waals surface area (Å²) in [5.74, 6) is 0.223. The number of phosphoric ester groups is 1. The van der Waals surface area contributed by atoms with Crippen LogP contribution >= 0.6 is 23.5 Å². The lowest BCUT2D eigenvalue weighted by Gasteiger charge is -2.22. The van der Waals surface area contributed by atoms with Crippen molar-refractivity contribution in [3.05, 3.63) is 29.0 Å². The zero-order valence-electron chi connectivity index (χ0n) is 17.6. The van der Waals surface area contributed by atoms with Gasteiger partial charge in [0.05, 0.1) is 18.1 Å². The number of ether oxygens (including phenoxy) is 2. The number of hydrogen-bond acceptors (Lipinski definition) is 12. The van der Waals surface area contributed by atoms with Gasteiger partial charge in [0, 0.05) is 17.5 Å². The molecule has 1 fully saturated rings. The summed E-state index contributed by atoms with van der Waals surface area (Å²) in [5, 5.41) is 3.93. The van der Waals surface area contributed by atoms with Gasteiger partial charge in [-0.1, -0.05) is 5.11 Å². The van der Waals surface area contributed by atoms with Crippen molar-refractivity contribution in [2.75, 3.05) is 12.3 Å². The first-order valence-electron chi connectivity index (χ1n) is 9.40. The molecule has 2 unspecified atom stereocenters. The van der Waals surface area contributed by atoms with E-state index < -0.39 is 54.7 Å². The van der Waals surface area contributed by atoms with Crippen LogP contribution in [0, 0.1) is 0 Å². The van der Waals surface area contributed by atoms with Gasteiger partial charge in [-0.25, -0.2) is 23.7 Å². The minimum atomic E-state index is -5.69. The van der Waals surface area contributed by atoms with Gasteiger partial charge in [0.15, 0.2) is 0 Å². The molecular formula is C13H20N7O12P3. The lowest BCUT2D eigenvalue weighted by Crippen LogP contribution is -2.31. The van der Waals surface area contributed by atoms with Crippen molar-refractivity contribution in [2.45, 2.75) is 38.0 Å². The van der Waals surface area contributed by atoms with Gasteiger partial charge in [-0.2, -0.15) is 8.62 Å². The number of nitrogen functional groups attached to an aromatic ring is 1. The van der Waals surface area contributed by atoms with Gasteiger partial charge in [-0.3, -0.25) is 4.52 Å². The van der Waals surface area contributed by atoms with Crippen molar-refractivity contribution in [1.82, 2.24) is 14.5 Å². The fourth-order valence-corrected chi connectivity index (χ4v) is 6.24. The predicted molar refractivity (Wildman–Crippen MR) is 114 cm³/mol. The van der Waals surface area contributed by atoms with Crippen LogP contribution in [0.5, 0.6) is 0 Å². The third-order valence-electron chi connectivity index (χ3n) is 4.43. The Morgan fingerprint density at radius 1 is 1.29 bits per heavy atom. The maximum atomic E-state index is 12.1. The Kier molecular flexibility index (Phi) is 8.36. The van der Waals surface area contributed by atoms with Gasteiger partial charge in [0.25, 0.3) is 0 Å². The van der Waals surface area contributed by atoms with Gasteiger partial charge < -0.3 is 39.3 Å². The summed E-state index contributed by atoms with van der Waals surface area (Å²) in [5.41, 5.74) is 14.9. The van der Waals surface area contributed by atoms with Gasteiger partial charge in [-0.15, -0.1) is 0 Å². The summed E-state index contributed by atoms with van der Waals surface area (Å²) < 4.78 is 59.4. The molecule has 3 heterocycles. The molecule has 3 rings (SSSR count). The highest BCUT2D eigenvalue weighted by Crippen LogP contribution is 2.66. The third kappa shape index (κ3) is 7.52. The molecule has 0 saturated carbocycles. The van der Waals surface area contributed by atoms with Crippen molar-refractivity contribution >= 4 is 40.3 Å². The van der Waals surface area contributed by atoms with Crippen molar-refractivity contribution < 1.29 is 55.9 Å². The molecule has 0 spiro atoms. The lowest BCUT2D eigenvalue weighted by molar-refractivity contribution is -0.0745. The monoisotopic (exact) mass is 559 g/mol. The van der Waals surface area contributed by atoms with Crippen molar-refractivity contribution in [3.63, 3.8) is 0 Å². The predicted octanol–water partition coefficient (Wildman–Crippen LogP) is 1.69. The highest BCUT2D eigenvalue weighted by atomic mass is 31.3. The summed E-state index contributed by atoms with van der Waals surface area (Å²) >= 11 is 0. The number of nitrogens with zero attached hydrogens (tertiary/aromatic N) is 6. The zero-order valence-corrected chi connectivity index (χ0v) is 20.3. The number of nitrogens with two attached hydrogens (primary N) is 1. The largest absolute Gasteiger partial charge is 0.490 e. The average Bonchev–Trinajstić information content (AvgIpc) is 3.28. The fraction of sp³-hybridized carbons (Fsp3) is 0.538. The second-order valence-electron chi connectivity index (χ2n) is 6.95. The number of hydrogen-bond donors (Lipinski definition) is 5. The maximum absolute atomic E-state index is 12.1. The van der Waals surface area contributed by atoms with E-state index in [1.807, 2.05) is 0 Å². The molecule has 0 aromatic carbocycles. The molecule has 0 aliphatic carbocycles. The zero-order chi connectivity index (χ0) is 26.0. The second kappa shape index (κ2) is 10.6. The topological polar surface area (TPSA) is 284 Å². The maximum Gasteiger partial charge on any atom is 0.490 e. The SMILES string of the molecule is C[C@H](N=[N+]=[N-])O[C@@H]1C[C@H](n2ccc3c(N)ncnc32)O[C@@H]1COP(=O)(O)OP(=O)(O)OP(=O)(O)O. The number of aromatic nitrogens is 3. The Morgan fingerprint density at radius 3 is 2.66 bits per heavy atom. The molecule has 6 atom stereocenters. The molecule has 6 N–H and O–H groups in total.